The molecule has 2 aromatic carbocycles. The number of rotatable bonds is 8. The van der Waals surface area contributed by atoms with Crippen molar-refractivity contribution >= 4 is 29.4 Å². The lowest BCUT2D eigenvalue weighted by Crippen LogP contribution is -2.43. The third kappa shape index (κ3) is 6.03. The van der Waals surface area contributed by atoms with Gasteiger partial charge in [-0.3, -0.25) is 29.6 Å². The Labute approximate surface area is 203 Å². The fourth-order valence-electron chi connectivity index (χ4n) is 3.51. The maximum absolute atomic E-state index is 13.1. The molecule has 1 fully saturated rings. The van der Waals surface area contributed by atoms with E-state index in [1.807, 2.05) is 0 Å². The van der Waals surface area contributed by atoms with Gasteiger partial charge in [-0.05, 0) is 24.3 Å². The number of hydrogen-bond acceptors (Lipinski definition) is 7. The molecule has 1 aliphatic rings. The van der Waals surface area contributed by atoms with Crippen molar-refractivity contribution in [1.29, 1.82) is 0 Å². The SMILES string of the molecule is COc1cccc(OC)c1C(=O)NN1C[C@@H](C(=O)OCC(=O)Nc2ccccc2C(F)(F)F)CC1=O. The Kier molecular flexibility index (Phi) is 8.02. The Bertz CT molecular complexity index is 1150. The molecule has 2 N–H and O–H groups in total. The lowest BCUT2D eigenvalue weighted by molar-refractivity contribution is -0.151. The predicted octanol–water partition coefficient (Wildman–Crippen LogP) is 2.40. The van der Waals surface area contributed by atoms with Crippen LogP contribution in [0.25, 0.3) is 0 Å². The van der Waals surface area contributed by atoms with Crippen molar-refractivity contribution in [1.82, 2.24) is 10.4 Å². The number of carbonyl (C=O) groups is 4. The van der Waals surface area contributed by atoms with E-state index in [0.717, 1.165) is 17.1 Å². The first-order chi connectivity index (χ1) is 17.0. The van der Waals surface area contributed by atoms with E-state index in [1.54, 1.807) is 6.07 Å². The second-order valence-corrected chi connectivity index (χ2v) is 7.58. The Morgan fingerprint density at radius 3 is 2.28 bits per heavy atom. The van der Waals surface area contributed by atoms with Gasteiger partial charge in [0.25, 0.3) is 11.8 Å². The second kappa shape index (κ2) is 11.0. The summed E-state index contributed by atoms with van der Waals surface area (Å²) in [5.74, 6) is -3.81. The van der Waals surface area contributed by atoms with Crippen LogP contribution in [-0.2, 0) is 25.3 Å². The average molecular weight is 509 g/mol. The zero-order chi connectivity index (χ0) is 26.5. The number of para-hydroxylation sites is 1. The van der Waals surface area contributed by atoms with E-state index in [9.17, 15) is 32.3 Å². The fraction of sp³-hybridized carbons (Fsp3) is 0.304. The van der Waals surface area contributed by atoms with E-state index in [1.165, 1.54) is 38.5 Å². The molecular formula is C23H22F3N3O7. The number of nitrogens with one attached hydrogen (secondary N) is 2. The molecule has 3 rings (SSSR count). The van der Waals surface area contributed by atoms with Crippen molar-refractivity contribution in [3.8, 4) is 11.5 Å². The van der Waals surface area contributed by atoms with Gasteiger partial charge in [0.1, 0.15) is 17.1 Å². The van der Waals surface area contributed by atoms with E-state index >= 15 is 0 Å². The molecule has 36 heavy (non-hydrogen) atoms. The highest BCUT2D eigenvalue weighted by Crippen LogP contribution is 2.34. The van der Waals surface area contributed by atoms with Gasteiger partial charge in [0, 0.05) is 6.42 Å². The molecule has 13 heteroatoms. The highest BCUT2D eigenvalue weighted by molar-refractivity contribution is 6.01. The molecule has 0 spiro atoms. The van der Waals surface area contributed by atoms with Crippen molar-refractivity contribution in [3.05, 3.63) is 53.6 Å². The van der Waals surface area contributed by atoms with Gasteiger partial charge in [-0.25, -0.2) is 0 Å². The number of carbonyl (C=O) groups excluding carboxylic acids is 4. The van der Waals surface area contributed by atoms with Crippen LogP contribution in [0.1, 0.15) is 22.3 Å². The normalized spacial score (nSPS) is 15.3. The number of ether oxygens (including phenoxy) is 3. The Morgan fingerprint density at radius 2 is 1.67 bits per heavy atom. The molecule has 0 aromatic heterocycles. The minimum atomic E-state index is -4.69. The number of amides is 3. The summed E-state index contributed by atoms with van der Waals surface area (Å²) in [5.41, 5.74) is 0.892. The largest absolute Gasteiger partial charge is 0.496 e. The molecule has 0 saturated carbocycles. The summed E-state index contributed by atoms with van der Waals surface area (Å²) in [6.07, 6.45) is -4.99. The molecule has 3 amide bonds. The van der Waals surface area contributed by atoms with E-state index in [-0.39, 0.29) is 30.0 Å². The van der Waals surface area contributed by atoms with Crippen molar-refractivity contribution in [3.63, 3.8) is 0 Å². The van der Waals surface area contributed by atoms with Gasteiger partial charge < -0.3 is 19.5 Å². The highest BCUT2D eigenvalue weighted by atomic mass is 19.4. The van der Waals surface area contributed by atoms with Crippen LogP contribution in [-0.4, -0.2) is 56.1 Å². The number of hydrazine groups is 1. The minimum absolute atomic E-state index is 0.0390. The van der Waals surface area contributed by atoms with Crippen LogP contribution in [0.2, 0.25) is 0 Å². The van der Waals surface area contributed by atoms with Gasteiger partial charge in [0.05, 0.1) is 37.9 Å². The summed E-state index contributed by atoms with van der Waals surface area (Å²) in [4.78, 5) is 49.5. The maximum atomic E-state index is 13.1. The summed E-state index contributed by atoms with van der Waals surface area (Å²) in [7, 11) is 2.72. The molecule has 0 radical (unpaired) electrons. The second-order valence-electron chi connectivity index (χ2n) is 7.58. The Hall–Kier alpha value is -4.29. The molecule has 1 aliphatic heterocycles. The lowest BCUT2D eigenvalue weighted by atomic mass is 10.1. The topological polar surface area (TPSA) is 123 Å². The molecule has 0 bridgehead atoms. The number of halogens is 3. The number of anilines is 1. The van der Waals surface area contributed by atoms with Gasteiger partial charge in [0.15, 0.2) is 6.61 Å². The first-order valence-electron chi connectivity index (χ1n) is 10.5. The molecule has 192 valence electrons. The van der Waals surface area contributed by atoms with Gasteiger partial charge in [-0.15, -0.1) is 0 Å². The van der Waals surface area contributed by atoms with Gasteiger partial charge in [-0.2, -0.15) is 13.2 Å². The van der Waals surface area contributed by atoms with E-state index in [2.05, 4.69) is 10.7 Å². The smallest absolute Gasteiger partial charge is 0.418 e. The van der Waals surface area contributed by atoms with Crippen LogP contribution in [0.3, 0.4) is 0 Å². The molecule has 1 atom stereocenters. The summed E-state index contributed by atoms with van der Waals surface area (Å²) in [6, 6.07) is 9.02. The minimum Gasteiger partial charge on any atom is -0.496 e. The number of esters is 1. The number of hydrogen-bond donors (Lipinski definition) is 2. The number of benzene rings is 2. The molecular weight excluding hydrogens is 487 g/mol. The maximum Gasteiger partial charge on any atom is 0.418 e. The number of methoxy groups -OCH3 is 2. The fourth-order valence-corrected chi connectivity index (χ4v) is 3.51. The summed E-state index contributed by atoms with van der Waals surface area (Å²) in [6.45, 7) is -1.10. The summed E-state index contributed by atoms with van der Waals surface area (Å²) >= 11 is 0. The third-order valence-electron chi connectivity index (χ3n) is 5.20. The Balaban J connectivity index is 1.57. The van der Waals surface area contributed by atoms with Crippen molar-refractivity contribution in [2.24, 2.45) is 5.92 Å². The molecule has 10 nitrogen and oxygen atoms in total. The van der Waals surface area contributed by atoms with Crippen LogP contribution in [0.15, 0.2) is 42.5 Å². The predicted molar refractivity (Wildman–Crippen MR) is 118 cm³/mol. The first-order valence-corrected chi connectivity index (χ1v) is 10.5. The van der Waals surface area contributed by atoms with Gasteiger partial charge >= 0.3 is 12.1 Å². The van der Waals surface area contributed by atoms with Crippen LogP contribution in [0, 0.1) is 5.92 Å². The van der Waals surface area contributed by atoms with E-state index in [4.69, 9.17) is 14.2 Å². The molecule has 0 unspecified atom stereocenters. The lowest BCUT2D eigenvalue weighted by Gasteiger charge is -2.19. The molecule has 2 aromatic rings. The quantitative estimate of drug-likeness (QED) is 0.524. The van der Waals surface area contributed by atoms with Crippen molar-refractivity contribution < 1.29 is 46.6 Å². The van der Waals surface area contributed by atoms with Crippen LogP contribution in [0.4, 0.5) is 18.9 Å². The van der Waals surface area contributed by atoms with Crippen molar-refractivity contribution in [2.75, 3.05) is 32.7 Å². The van der Waals surface area contributed by atoms with Crippen LogP contribution in [0.5, 0.6) is 11.5 Å². The van der Waals surface area contributed by atoms with E-state index in [0.29, 0.717) is 0 Å². The standard InChI is InChI=1S/C23H22F3N3O7/c1-34-16-8-5-9-17(35-2)20(16)21(32)28-29-11-13(10-19(29)31)22(33)36-12-18(30)27-15-7-4-3-6-14(15)23(24,25)26/h3-9,13H,10-12H2,1-2H3,(H,27,30)(H,28,32)/t13-/m0/s1. The zero-order valence-electron chi connectivity index (χ0n) is 19.2. The van der Waals surface area contributed by atoms with Crippen LogP contribution < -0.4 is 20.2 Å². The third-order valence-corrected chi connectivity index (χ3v) is 5.20. The van der Waals surface area contributed by atoms with Crippen LogP contribution >= 0.6 is 0 Å². The van der Waals surface area contributed by atoms with Gasteiger partial charge in [0.2, 0.25) is 5.91 Å². The van der Waals surface area contributed by atoms with Crippen molar-refractivity contribution in [2.45, 2.75) is 12.6 Å². The first kappa shape index (κ1) is 26.3. The summed E-state index contributed by atoms with van der Waals surface area (Å²) < 4.78 is 54.4. The molecule has 1 heterocycles. The highest BCUT2D eigenvalue weighted by Gasteiger charge is 2.38. The number of nitrogens with zero attached hydrogens (tertiary/aromatic N) is 1. The monoisotopic (exact) mass is 509 g/mol. The molecule has 1 saturated heterocycles. The zero-order valence-corrected chi connectivity index (χ0v) is 19.2. The van der Waals surface area contributed by atoms with E-state index < -0.39 is 53.6 Å². The average Bonchev–Trinajstić information content (AvgIpc) is 3.21. The Morgan fingerprint density at radius 1 is 1.03 bits per heavy atom. The van der Waals surface area contributed by atoms with Gasteiger partial charge in [-0.1, -0.05) is 18.2 Å². The molecule has 0 aliphatic carbocycles. The summed E-state index contributed by atoms with van der Waals surface area (Å²) in [5, 5.41) is 2.98. The number of alkyl halides is 3.